The van der Waals surface area contributed by atoms with Crippen molar-refractivity contribution in [2.75, 3.05) is 27.1 Å². The Kier molecular flexibility index (Phi) is 10.1. The van der Waals surface area contributed by atoms with Gasteiger partial charge in [0.1, 0.15) is 5.75 Å². The van der Waals surface area contributed by atoms with E-state index in [-0.39, 0.29) is 24.1 Å². The summed E-state index contributed by atoms with van der Waals surface area (Å²) in [5, 5.41) is 20.7. The van der Waals surface area contributed by atoms with Gasteiger partial charge >= 0.3 is 0 Å². The van der Waals surface area contributed by atoms with Gasteiger partial charge in [0, 0.05) is 17.7 Å². The van der Waals surface area contributed by atoms with Gasteiger partial charge in [0.2, 0.25) is 0 Å². The molecule has 1 aliphatic heterocycles. The monoisotopic (exact) mass is 682 g/mol. The van der Waals surface area contributed by atoms with E-state index >= 15 is 0 Å². The molecule has 1 atom stereocenters. The molecule has 0 fully saturated rings. The standard InChI is InChI=1S/C35H34N6O5S2/c1-22-10-7-11-23(18-22)40-31(20-36-34(43)25-12-5-6-14-28(25)44-2)37-38-35(40)48-21-32(42)41-27(19-26(39-41)30-16-9-17-47-30)24-13-8-15-29(45-3)33(24)46-4/h5-18,27H,19-21H2,1-4H3,(H,36,43). The molecule has 0 spiro atoms. The van der Waals surface area contributed by atoms with Crippen LogP contribution in [0.15, 0.2) is 94.5 Å². The fourth-order valence-corrected chi connectivity index (χ4v) is 7.11. The summed E-state index contributed by atoms with van der Waals surface area (Å²) < 4.78 is 18.5. The number of para-hydroxylation sites is 2. The number of methoxy groups -OCH3 is 3. The number of aromatic nitrogens is 3. The molecule has 246 valence electrons. The number of hydrogen-bond acceptors (Lipinski definition) is 10. The van der Waals surface area contributed by atoms with Gasteiger partial charge < -0.3 is 19.5 Å². The highest BCUT2D eigenvalue weighted by Crippen LogP contribution is 2.42. The highest BCUT2D eigenvalue weighted by atomic mass is 32.2. The fourth-order valence-electron chi connectivity index (χ4n) is 5.56. The largest absolute Gasteiger partial charge is 0.496 e. The molecule has 1 aliphatic rings. The van der Waals surface area contributed by atoms with Gasteiger partial charge in [-0.2, -0.15) is 5.10 Å². The molecular formula is C35H34N6O5S2. The maximum atomic E-state index is 14.0. The van der Waals surface area contributed by atoms with Gasteiger partial charge in [-0.1, -0.05) is 54.2 Å². The molecule has 2 aromatic heterocycles. The van der Waals surface area contributed by atoms with Crippen LogP contribution < -0.4 is 19.5 Å². The van der Waals surface area contributed by atoms with Crippen LogP contribution in [0.1, 0.15) is 44.6 Å². The summed E-state index contributed by atoms with van der Waals surface area (Å²) in [5.41, 5.74) is 3.90. The zero-order chi connectivity index (χ0) is 33.6. The molecule has 1 N–H and O–H groups in total. The predicted molar refractivity (Wildman–Crippen MR) is 186 cm³/mol. The first kappa shape index (κ1) is 32.8. The molecule has 3 aromatic carbocycles. The summed E-state index contributed by atoms with van der Waals surface area (Å²) in [6.07, 6.45) is 0.524. The predicted octanol–water partition coefficient (Wildman–Crippen LogP) is 6.06. The van der Waals surface area contributed by atoms with Gasteiger partial charge in [-0.05, 0) is 54.3 Å². The van der Waals surface area contributed by atoms with Crippen molar-refractivity contribution >= 4 is 40.6 Å². The lowest BCUT2D eigenvalue weighted by molar-refractivity contribution is -0.130. The lowest BCUT2D eigenvalue weighted by atomic mass is 9.99. The highest BCUT2D eigenvalue weighted by molar-refractivity contribution is 7.99. The Labute approximate surface area is 286 Å². The number of nitrogens with one attached hydrogen (secondary N) is 1. The van der Waals surface area contributed by atoms with E-state index in [1.165, 1.54) is 18.9 Å². The smallest absolute Gasteiger partial charge is 0.255 e. The number of rotatable bonds is 12. The molecule has 48 heavy (non-hydrogen) atoms. The van der Waals surface area contributed by atoms with Gasteiger partial charge in [0.15, 0.2) is 22.5 Å². The molecule has 6 rings (SSSR count). The molecule has 2 amide bonds. The molecule has 0 bridgehead atoms. The van der Waals surface area contributed by atoms with Crippen molar-refractivity contribution < 1.29 is 23.8 Å². The fraction of sp³-hybridized carbons (Fsp3) is 0.229. The van der Waals surface area contributed by atoms with E-state index in [4.69, 9.17) is 19.3 Å². The molecule has 11 nitrogen and oxygen atoms in total. The zero-order valence-corrected chi connectivity index (χ0v) is 28.5. The Morgan fingerprint density at radius 3 is 2.48 bits per heavy atom. The lowest BCUT2D eigenvalue weighted by Crippen LogP contribution is -2.29. The Balaban J connectivity index is 1.27. The number of carbonyl (C=O) groups excluding carboxylic acids is 2. The third kappa shape index (κ3) is 6.78. The van der Waals surface area contributed by atoms with E-state index in [0.717, 1.165) is 27.4 Å². The number of ether oxygens (including phenoxy) is 3. The summed E-state index contributed by atoms with van der Waals surface area (Å²) >= 11 is 2.84. The number of nitrogens with zero attached hydrogens (tertiary/aromatic N) is 5. The van der Waals surface area contributed by atoms with E-state index in [2.05, 4.69) is 15.5 Å². The van der Waals surface area contributed by atoms with Crippen LogP contribution in [0.3, 0.4) is 0 Å². The maximum absolute atomic E-state index is 14.0. The average Bonchev–Trinajstić information content (AvgIpc) is 3.89. The Bertz CT molecular complexity index is 1960. The van der Waals surface area contributed by atoms with Crippen molar-refractivity contribution in [2.45, 2.75) is 31.1 Å². The third-order valence-electron chi connectivity index (χ3n) is 7.81. The molecule has 0 radical (unpaired) electrons. The minimum Gasteiger partial charge on any atom is -0.496 e. The van der Waals surface area contributed by atoms with Crippen molar-refractivity contribution in [1.82, 2.24) is 25.1 Å². The first-order valence-corrected chi connectivity index (χ1v) is 17.0. The normalized spacial score (nSPS) is 14.0. The molecule has 1 unspecified atom stereocenters. The van der Waals surface area contributed by atoms with Crippen molar-refractivity contribution in [1.29, 1.82) is 0 Å². The van der Waals surface area contributed by atoms with Crippen LogP contribution in [0, 0.1) is 6.92 Å². The molecule has 0 saturated heterocycles. The molecule has 3 heterocycles. The van der Waals surface area contributed by atoms with Crippen LogP contribution >= 0.6 is 23.1 Å². The van der Waals surface area contributed by atoms with Gasteiger partial charge in [0.25, 0.3) is 11.8 Å². The number of carbonyl (C=O) groups is 2. The SMILES string of the molecule is COc1ccccc1C(=O)NCc1nnc(SCC(=O)N2N=C(c3cccs3)CC2c2cccc(OC)c2OC)n1-c1cccc(C)c1. The van der Waals surface area contributed by atoms with E-state index < -0.39 is 6.04 Å². The number of hydrazone groups is 1. The summed E-state index contributed by atoms with van der Waals surface area (Å²) in [7, 11) is 4.71. The number of thioether (sulfide) groups is 1. The molecule has 0 aliphatic carbocycles. The Hall–Kier alpha value is -5.14. The van der Waals surface area contributed by atoms with E-state index in [0.29, 0.717) is 40.2 Å². The summed E-state index contributed by atoms with van der Waals surface area (Å²) in [5.74, 6) is 1.67. The van der Waals surface area contributed by atoms with Crippen molar-refractivity contribution in [3.05, 3.63) is 112 Å². The number of aryl methyl sites for hydroxylation is 1. The van der Waals surface area contributed by atoms with Crippen LogP contribution in [0.2, 0.25) is 0 Å². The quantitative estimate of drug-likeness (QED) is 0.158. The second-order valence-electron chi connectivity index (χ2n) is 10.8. The zero-order valence-electron chi connectivity index (χ0n) is 26.9. The van der Waals surface area contributed by atoms with E-state index in [1.54, 1.807) is 54.8 Å². The van der Waals surface area contributed by atoms with Crippen LogP contribution in [0.5, 0.6) is 17.2 Å². The van der Waals surface area contributed by atoms with Gasteiger partial charge in [-0.3, -0.25) is 14.2 Å². The van der Waals surface area contributed by atoms with Crippen LogP contribution in [-0.2, 0) is 11.3 Å². The first-order chi connectivity index (χ1) is 23.4. The van der Waals surface area contributed by atoms with E-state index in [9.17, 15) is 9.59 Å². The van der Waals surface area contributed by atoms with Crippen LogP contribution in [-0.4, -0.2) is 64.4 Å². The van der Waals surface area contributed by atoms with Crippen molar-refractivity contribution in [2.24, 2.45) is 5.10 Å². The summed E-state index contributed by atoms with van der Waals surface area (Å²) in [6.45, 7) is 2.10. The first-order valence-electron chi connectivity index (χ1n) is 15.1. The second kappa shape index (κ2) is 14.7. The third-order valence-corrected chi connectivity index (χ3v) is 9.64. The van der Waals surface area contributed by atoms with Crippen molar-refractivity contribution in [3.63, 3.8) is 0 Å². The molecular weight excluding hydrogens is 649 g/mol. The number of benzene rings is 3. The number of thiophene rings is 1. The summed E-state index contributed by atoms with van der Waals surface area (Å²) in [4.78, 5) is 28.1. The van der Waals surface area contributed by atoms with Gasteiger partial charge in [-0.25, -0.2) is 5.01 Å². The molecule has 13 heteroatoms. The van der Waals surface area contributed by atoms with E-state index in [1.807, 2.05) is 71.5 Å². The van der Waals surface area contributed by atoms with Crippen LogP contribution in [0.4, 0.5) is 0 Å². The maximum Gasteiger partial charge on any atom is 0.255 e. The highest BCUT2D eigenvalue weighted by Gasteiger charge is 2.36. The minimum absolute atomic E-state index is 0.0432. The molecule has 0 saturated carbocycles. The topological polar surface area (TPSA) is 120 Å². The number of amides is 2. The van der Waals surface area contributed by atoms with Gasteiger partial charge in [-0.15, -0.1) is 21.5 Å². The van der Waals surface area contributed by atoms with Crippen LogP contribution in [0.25, 0.3) is 5.69 Å². The molecule has 5 aromatic rings. The summed E-state index contributed by atoms with van der Waals surface area (Å²) in [6, 6.07) is 24.1. The lowest BCUT2D eigenvalue weighted by Gasteiger charge is -2.24. The number of hydrogen-bond donors (Lipinski definition) is 1. The Morgan fingerprint density at radius 2 is 1.73 bits per heavy atom. The van der Waals surface area contributed by atoms with Gasteiger partial charge in [0.05, 0.1) is 55.8 Å². The second-order valence-corrected chi connectivity index (χ2v) is 12.7. The Morgan fingerprint density at radius 1 is 0.938 bits per heavy atom. The minimum atomic E-state index is -0.393. The average molecular weight is 683 g/mol. The van der Waals surface area contributed by atoms with Crippen molar-refractivity contribution in [3.8, 4) is 22.9 Å².